The van der Waals surface area contributed by atoms with Crippen molar-refractivity contribution in [3.63, 3.8) is 0 Å². The number of aromatic nitrogens is 2. The molecule has 0 amide bonds. The first-order chi connectivity index (χ1) is 14.2. The van der Waals surface area contributed by atoms with E-state index >= 15 is 0 Å². The highest BCUT2D eigenvalue weighted by Crippen LogP contribution is 2.27. The maximum absolute atomic E-state index is 12.8. The molecule has 1 aromatic carbocycles. The predicted molar refractivity (Wildman–Crippen MR) is 103 cm³/mol. The smallest absolute Gasteiger partial charge is 0.452 e. The minimum atomic E-state index is -4.61. The van der Waals surface area contributed by atoms with Gasteiger partial charge in [0.15, 0.2) is 0 Å². The van der Waals surface area contributed by atoms with E-state index in [1.165, 1.54) is 6.92 Å². The second-order valence-corrected chi connectivity index (χ2v) is 6.98. The lowest BCUT2D eigenvalue weighted by atomic mass is 10.1. The molecule has 2 rings (SSSR count). The van der Waals surface area contributed by atoms with Crippen LogP contribution < -0.4 is 4.74 Å². The Kier molecular flexibility index (Phi) is 8.32. The Morgan fingerprint density at radius 3 is 2.47 bits per heavy atom. The van der Waals surface area contributed by atoms with Gasteiger partial charge in [-0.25, -0.2) is 0 Å². The van der Waals surface area contributed by atoms with Gasteiger partial charge in [-0.3, -0.25) is 9.48 Å². The summed E-state index contributed by atoms with van der Waals surface area (Å²) in [6.45, 7) is 5.84. The number of halogens is 3. The lowest BCUT2D eigenvalue weighted by molar-refractivity contribution is -0.145. The molecule has 0 N–H and O–H groups in total. The Morgan fingerprint density at radius 2 is 1.87 bits per heavy atom. The second-order valence-electron chi connectivity index (χ2n) is 6.98. The Hall–Kier alpha value is -2.97. The molecule has 30 heavy (non-hydrogen) atoms. The fourth-order valence-electron chi connectivity index (χ4n) is 2.44. The maximum Gasteiger partial charge on any atom is 0.452 e. The van der Waals surface area contributed by atoms with Gasteiger partial charge in [0, 0.05) is 18.2 Å². The Labute approximate surface area is 173 Å². The molecule has 6 nitrogen and oxygen atoms in total. The van der Waals surface area contributed by atoms with Gasteiger partial charge >= 0.3 is 12.1 Å². The van der Waals surface area contributed by atoms with Crippen LogP contribution >= 0.6 is 0 Å². The highest BCUT2D eigenvalue weighted by Gasteiger charge is 2.36. The lowest BCUT2D eigenvalue weighted by Gasteiger charge is -2.12. The van der Waals surface area contributed by atoms with Crippen molar-refractivity contribution < 1.29 is 32.2 Å². The van der Waals surface area contributed by atoms with Gasteiger partial charge in [0.05, 0.1) is 19.3 Å². The van der Waals surface area contributed by atoms with E-state index in [4.69, 9.17) is 9.47 Å². The molecule has 0 fully saturated rings. The molecule has 0 aliphatic heterocycles. The quantitative estimate of drug-likeness (QED) is 0.402. The summed E-state index contributed by atoms with van der Waals surface area (Å²) in [4.78, 5) is 11.6. The number of esters is 1. The molecule has 0 saturated carbocycles. The van der Waals surface area contributed by atoms with Crippen molar-refractivity contribution >= 4 is 5.97 Å². The first-order valence-electron chi connectivity index (χ1n) is 9.50. The number of nitrogens with zero attached hydrogens (tertiary/aromatic N) is 2. The van der Waals surface area contributed by atoms with Crippen molar-refractivity contribution in [3.8, 4) is 5.75 Å². The number of rotatable bonds is 10. The molecule has 1 aromatic heterocycles. The fourth-order valence-corrected chi connectivity index (χ4v) is 2.44. The van der Waals surface area contributed by atoms with Crippen LogP contribution in [0.1, 0.15) is 38.3 Å². The van der Waals surface area contributed by atoms with Crippen LogP contribution in [0.3, 0.4) is 0 Å². The molecule has 0 spiro atoms. The van der Waals surface area contributed by atoms with Gasteiger partial charge in [0.25, 0.3) is 0 Å². The number of alkyl halides is 3. The van der Waals surface area contributed by atoms with Crippen molar-refractivity contribution in [2.75, 3.05) is 6.61 Å². The van der Waals surface area contributed by atoms with E-state index in [-0.39, 0.29) is 30.9 Å². The summed E-state index contributed by atoms with van der Waals surface area (Å²) in [6.07, 6.45) is -0.298. The Balaban J connectivity index is 1.90. The van der Waals surface area contributed by atoms with Gasteiger partial charge in [-0.15, -0.1) is 0 Å². The van der Waals surface area contributed by atoms with Crippen LogP contribution in [-0.4, -0.2) is 28.5 Å². The second kappa shape index (κ2) is 10.7. The number of hydrogen-bond donors (Lipinski definition) is 0. The van der Waals surface area contributed by atoms with Crippen LogP contribution in [0.2, 0.25) is 0 Å². The van der Waals surface area contributed by atoms with Gasteiger partial charge in [-0.1, -0.05) is 26.0 Å². The molecular formula is C21H25F3N2O4. The van der Waals surface area contributed by atoms with Crippen molar-refractivity contribution in [2.24, 2.45) is 5.92 Å². The van der Waals surface area contributed by atoms with E-state index in [0.717, 1.165) is 11.1 Å². The van der Waals surface area contributed by atoms with E-state index < -0.39 is 11.9 Å². The zero-order chi connectivity index (χ0) is 22.1. The van der Waals surface area contributed by atoms with Crippen molar-refractivity contribution in [1.29, 1.82) is 0 Å². The average molecular weight is 426 g/mol. The van der Waals surface area contributed by atoms with Gasteiger partial charge in [0.1, 0.15) is 18.6 Å². The average Bonchev–Trinajstić information content (AvgIpc) is 3.10. The highest BCUT2D eigenvalue weighted by atomic mass is 19.4. The number of carbonyl (C=O) groups is 1. The van der Waals surface area contributed by atoms with E-state index in [1.807, 2.05) is 13.8 Å². The Bertz CT molecular complexity index is 843. The topological polar surface area (TPSA) is 62.6 Å². The highest BCUT2D eigenvalue weighted by molar-refractivity contribution is 5.69. The molecule has 0 bridgehead atoms. The van der Waals surface area contributed by atoms with Crippen molar-refractivity contribution in [2.45, 2.75) is 46.5 Å². The summed E-state index contributed by atoms with van der Waals surface area (Å²) < 4.78 is 54.8. The van der Waals surface area contributed by atoms with E-state index in [0.29, 0.717) is 19.2 Å². The van der Waals surface area contributed by atoms with Crippen molar-refractivity contribution in [1.82, 2.24) is 9.78 Å². The largest absolute Gasteiger partial charge is 0.487 e. The minimum absolute atomic E-state index is 0.115. The van der Waals surface area contributed by atoms with E-state index in [9.17, 15) is 18.0 Å². The summed E-state index contributed by atoms with van der Waals surface area (Å²) in [6, 6.07) is 6.57. The third-order valence-corrected chi connectivity index (χ3v) is 3.81. The monoisotopic (exact) mass is 426 g/mol. The molecule has 0 unspecified atom stereocenters. The molecule has 1 heterocycles. The minimum Gasteiger partial charge on any atom is -0.487 e. The summed E-state index contributed by atoms with van der Waals surface area (Å²) in [5.74, 6) is -0.951. The van der Waals surface area contributed by atoms with E-state index in [2.05, 4.69) is 9.84 Å². The fraction of sp³-hybridized carbons (Fsp3) is 0.429. The van der Waals surface area contributed by atoms with Gasteiger partial charge < -0.3 is 14.2 Å². The zero-order valence-corrected chi connectivity index (χ0v) is 17.1. The molecule has 0 atom stereocenters. The first-order valence-corrected chi connectivity index (χ1v) is 9.50. The van der Waals surface area contributed by atoms with Crippen molar-refractivity contribution in [3.05, 3.63) is 59.8 Å². The van der Waals surface area contributed by atoms with Crippen LogP contribution in [-0.2, 0) is 27.4 Å². The van der Waals surface area contributed by atoms with Crippen LogP contribution in [0.4, 0.5) is 13.2 Å². The third kappa shape index (κ3) is 7.81. The summed E-state index contributed by atoms with van der Waals surface area (Å²) in [5, 5.41) is 4.22. The third-order valence-electron chi connectivity index (χ3n) is 3.81. The number of ether oxygens (including phenoxy) is 3. The van der Waals surface area contributed by atoms with Gasteiger partial charge in [-0.2, -0.15) is 18.3 Å². The number of benzene rings is 1. The number of carbonyl (C=O) groups excluding carboxylic acids is 1. The number of allylic oxidation sites excluding steroid dienone is 1. The maximum atomic E-state index is 12.8. The molecular weight excluding hydrogens is 401 g/mol. The van der Waals surface area contributed by atoms with E-state index in [1.54, 1.807) is 41.3 Å². The summed E-state index contributed by atoms with van der Waals surface area (Å²) >= 11 is 0. The molecule has 2 aromatic rings. The van der Waals surface area contributed by atoms with Crippen LogP contribution in [0.25, 0.3) is 0 Å². The van der Waals surface area contributed by atoms with Gasteiger partial charge in [-0.05, 0) is 30.5 Å². The molecule has 0 aliphatic carbocycles. The normalized spacial score (nSPS) is 12.2. The van der Waals surface area contributed by atoms with Gasteiger partial charge in [0.2, 0.25) is 5.76 Å². The first kappa shape index (κ1) is 23.3. The predicted octanol–water partition coefficient (Wildman–Crippen LogP) is 4.84. The molecule has 0 radical (unpaired) electrons. The molecule has 164 valence electrons. The standard InChI is InChI=1S/C21H25F3N2O4/c1-4-28-19(21(22,23)24)14-29-18-7-5-16(6-8-18)11-26-12-17(10-25-26)13-30-20(27)9-15(2)3/h5-8,10,12,14-15H,4,9,11,13H2,1-3H3/b19-14-. The van der Waals surface area contributed by atoms with Crippen LogP contribution in [0.15, 0.2) is 48.7 Å². The van der Waals surface area contributed by atoms with Crippen LogP contribution in [0, 0.1) is 5.92 Å². The van der Waals surface area contributed by atoms with Crippen LogP contribution in [0.5, 0.6) is 5.75 Å². The lowest BCUT2D eigenvalue weighted by Crippen LogP contribution is -2.15. The summed E-state index contributed by atoms with van der Waals surface area (Å²) in [5.41, 5.74) is 1.64. The SMILES string of the molecule is CCO/C(=C\Oc1ccc(Cn2cc(COC(=O)CC(C)C)cn2)cc1)C(F)(F)F. The molecule has 0 saturated heterocycles. The zero-order valence-electron chi connectivity index (χ0n) is 17.1. The molecule has 9 heteroatoms. The molecule has 0 aliphatic rings. The number of hydrogen-bond acceptors (Lipinski definition) is 5. The summed E-state index contributed by atoms with van der Waals surface area (Å²) in [7, 11) is 0. The Morgan fingerprint density at radius 1 is 1.17 bits per heavy atom.